The van der Waals surface area contributed by atoms with Crippen LogP contribution in [0.4, 0.5) is 5.69 Å². The number of amides is 3. The number of fused-ring (bicyclic) bond motifs is 1. The molecule has 4 aromatic rings. The number of benzene rings is 3. The Bertz CT molecular complexity index is 1780. The van der Waals surface area contributed by atoms with Crippen molar-refractivity contribution >= 4 is 23.4 Å². The van der Waals surface area contributed by atoms with Crippen LogP contribution in [0.25, 0.3) is 5.69 Å². The molecule has 0 unspecified atom stereocenters. The number of aromatic nitrogens is 2. The molecule has 9 nitrogen and oxygen atoms in total. The summed E-state index contributed by atoms with van der Waals surface area (Å²) >= 11 is 0. The summed E-state index contributed by atoms with van der Waals surface area (Å²) in [4.78, 5) is 49.2. The Labute approximate surface area is 290 Å². The second kappa shape index (κ2) is 15.5. The summed E-state index contributed by atoms with van der Waals surface area (Å²) in [5.74, 6) is -0.107. The molecule has 0 radical (unpaired) electrons. The molecule has 256 valence electrons. The third kappa shape index (κ3) is 7.71. The first kappa shape index (κ1) is 34.0. The lowest BCUT2D eigenvalue weighted by atomic mass is 9.99. The number of piperazine rings is 1. The van der Waals surface area contributed by atoms with Gasteiger partial charge in [-0.05, 0) is 67.1 Å². The number of nitrogens with zero attached hydrogens (tertiary/aromatic N) is 6. The van der Waals surface area contributed by atoms with E-state index in [-0.39, 0.29) is 24.3 Å². The average Bonchev–Trinajstić information content (AvgIpc) is 3.53. The number of carbonyl (C=O) groups is 3. The van der Waals surface area contributed by atoms with E-state index < -0.39 is 0 Å². The Balaban J connectivity index is 1.31. The quantitative estimate of drug-likeness (QED) is 0.179. The SMILES string of the molecule is CCCCN(CCCC)C(=O)c1cc(C)n(-c2ccc(N3CCN(Cc4ccccc4)C(=O)C3)cc2C(=O)N2CCc3ccccc3C2)n1. The van der Waals surface area contributed by atoms with Gasteiger partial charge in [-0.2, -0.15) is 5.10 Å². The molecule has 1 saturated heterocycles. The van der Waals surface area contributed by atoms with Crippen LogP contribution in [-0.4, -0.2) is 81.5 Å². The largest absolute Gasteiger partial charge is 0.360 e. The summed E-state index contributed by atoms with van der Waals surface area (Å²) in [5, 5.41) is 4.83. The maximum absolute atomic E-state index is 14.5. The number of unbranched alkanes of at least 4 members (excludes halogenated alkanes) is 2. The zero-order valence-electron chi connectivity index (χ0n) is 29.1. The lowest BCUT2D eigenvalue weighted by molar-refractivity contribution is -0.131. The minimum Gasteiger partial charge on any atom is -0.360 e. The molecular formula is C40H48N6O3. The molecule has 3 amide bonds. The van der Waals surface area contributed by atoms with E-state index in [1.165, 1.54) is 5.56 Å². The minimum absolute atomic E-state index is 0.0569. The molecule has 0 atom stereocenters. The number of hydrogen-bond acceptors (Lipinski definition) is 5. The van der Waals surface area contributed by atoms with Crippen LogP contribution in [0.3, 0.4) is 0 Å². The van der Waals surface area contributed by atoms with E-state index >= 15 is 0 Å². The van der Waals surface area contributed by atoms with E-state index in [1.807, 2.05) is 88.4 Å². The van der Waals surface area contributed by atoms with Crippen LogP contribution in [0.2, 0.25) is 0 Å². The molecule has 3 aromatic carbocycles. The van der Waals surface area contributed by atoms with Crippen molar-refractivity contribution in [1.29, 1.82) is 0 Å². The first-order valence-corrected chi connectivity index (χ1v) is 17.8. The summed E-state index contributed by atoms with van der Waals surface area (Å²) in [6.07, 6.45) is 4.69. The third-order valence-electron chi connectivity index (χ3n) is 9.71. The monoisotopic (exact) mass is 660 g/mol. The highest BCUT2D eigenvalue weighted by molar-refractivity contribution is 5.99. The lowest BCUT2D eigenvalue weighted by Crippen LogP contribution is -2.50. The van der Waals surface area contributed by atoms with E-state index in [9.17, 15) is 14.4 Å². The van der Waals surface area contributed by atoms with Gasteiger partial charge >= 0.3 is 0 Å². The predicted octanol–water partition coefficient (Wildman–Crippen LogP) is 6.27. The van der Waals surface area contributed by atoms with Crippen molar-refractivity contribution in [2.75, 3.05) is 44.2 Å². The van der Waals surface area contributed by atoms with Gasteiger partial charge in [0.05, 0.1) is 17.8 Å². The number of anilines is 1. The standard InChI is InChI=1S/C40H48N6O3/c1-4-6-20-42(21-7-5-2)40(49)36-25-30(3)46(41-36)37-18-17-34(43-23-24-44(38(47)29-43)27-31-13-9-8-10-14-31)26-35(37)39(48)45-22-19-32-15-11-12-16-33(32)28-45/h8-18,25-26H,4-7,19-24,27-29H2,1-3H3. The summed E-state index contributed by atoms with van der Waals surface area (Å²) < 4.78 is 1.74. The maximum atomic E-state index is 14.5. The third-order valence-corrected chi connectivity index (χ3v) is 9.71. The molecule has 1 fully saturated rings. The molecule has 0 saturated carbocycles. The number of aryl methyl sites for hydroxylation is 1. The number of rotatable bonds is 12. The Hall–Kier alpha value is -4.92. The first-order valence-electron chi connectivity index (χ1n) is 17.8. The normalized spacial score (nSPS) is 14.6. The van der Waals surface area contributed by atoms with E-state index in [2.05, 4.69) is 30.9 Å². The van der Waals surface area contributed by atoms with Gasteiger partial charge in [-0.1, -0.05) is 81.3 Å². The van der Waals surface area contributed by atoms with Gasteiger partial charge in [0.1, 0.15) is 0 Å². The summed E-state index contributed by atoms with van der Waals surface area (Å²) in [5.41, 5.74) is 6.67. The molecule has 0 aliphatic carbocycles. The van der Waals surface area contributed by atoms with Gasteiger partial charge in [-0.25, -0.2) is 4.68 Å². The molecule has 0 bridgehead atoms. The second-order valence-corrected chi connectivity index (χ2v) is 13.3. The van der Waals surface area contributed by atoms with Gasteiger partial charge in [-0.15, -0.1) is 0 Å². The van der Waals surface area contributed by atoms with Gasteiger partial charge in [-0.3, -0.25) is 14.4 Å². The Kier molecular flexibility index (Phi) is 10.8. The molecule has 2 aliphatic rings. The summed E-state index contributed by atoms with van der Waals surface area (Å²) in [6.45, 7) is 10.8. The highest BCUT2D eigenvalue weighted by Gasteiger charge is 2.29. The van der Waals surface area contributed by atoms with Crippen LogP contribution in [0.1, 0.15) is 82.8 Å². The number of carbonyl (C=O) groups excluding carboxylic acids is 3. The molecular weight excluding hydrogens is 612 g/mol. The van der Waals surface area contributed by atoms with E-state index in [0.29, 0.717) is 62.8 Å². The second-order valence-electron chi connectivity index (χ2n) is 13.3. The van der Waals surface area contributed by atoms with Crippen LogP contribution in [0.15, 0.2) is 78.9 Å². The Morgan fingerprint density at radius 3 is 2.24 bits per heavy atom. The fourth-order valence-corrected chi connectivity index (χ4v) is 6.81. The topological polar surface area (TPSA) is 82.0 Å². The number of hydrogen-bond donors (Lipinski definition) is 0. The first-order chi connectivity index (χ1) is 23.9. The fourth-order valence-electron chi connectivity index (χ4n) is 6.81. The van der Waals surface area contributed by atoms with Crippen molar-refractivity contribution in [3.05, 3.63) is 113 Å². The maximum Gasteiger partial charge on any atom is 0.274 e. The van der Waals surface area contributed by atoms with Gasteiger partial charge in [0, 0.05) is 57.2 Å². The molecule has 9 heteroatoms. The minimum atomic E-state index is -0.0873. The van der Waals surface area contributed by atoms with Crippen LogP contribution in [0.5, 0.6) is 0 Å². The smallest absolute Gasteiger partial charge is 0.274 e. The fraction of sp³-hybridized carbons (Fsp3) is 0.400. The van der Waals surface area contributed by atoms with Gasteiger partial charge < -0.3 is 19.6 Å². The highest BCUT2D eigenvalue weighted by Crippen LogP contribution is 2.29. The van der Waals surface area contributed by atoms with Crippen LogP contribution in [-0.2, 0) is 24.3 Å². The molecule has 49 heavy (non-hydrogen) atoms. The zero-order valence-corrected chi connectivity index (χ0v) is 29.1. The van der Waals surface area contributed by atoms with Crippen molar-refractivity contribution in [2.24, 2.45) is 0 Å². The Morgan fingerprint density at radius 2 is 1.53 bits per heavy atom. The van der Waals surface area contributed by atoms with Gasteiger partial charge in [0.2, 0.25) is 5.91 Å². The van der Waals surface area contributed by atoms with Gasteiger partial charge in [0.25, 0.3) is 11.8 Å². The molecule has 1 aromatic heterocycles. The van der Waals surface area contributed by atoms with Crippen LogP contribution < -0.4 is 4.90 Å². The molecule has 3 heterocycles. The molecule has 6 rings (SSSR count). The molecule has 0 spiro atoms. The van der Waals surface area contributed by atoms with Crippen molar-refractivity contribution in [1.82, 2.24) is 24.5 Å². The lowest BCUT2D eigenvalue weighted by Gasteiger charge is -2.36. The van der Waals surface area contributed by atoms with Crippen molar-refractivity contribution in [3.8, 4) is 5.69 Å². The van der Waals surface area contributed by atoms with Crippen molar-refractivity contribution in [3.63, 3.8) is 0 Å². The van der Waals surface area contributed by atoms with Crippen molar-refractivity contribution < 1.29 is 14.4 Å². The molecule has 2 aliphatic heterocycles. The predicted molar refractivity (Wildman–Crippen MR) is 193 cm³/mol. The highest BCUT2D eigenvalue weighted by atomic mass is 16.2. The Morgan fingerprint density at radius 1 is 0.816 bits per heavy atom. The summed E-state index contributed by atoms with van der Waals surface area (Å²) in [6, 6.07) is 26.0. The van der Waals surface area contributed by atoms with E-state index in [0.717, 1.165) is 54.6 Å². The average molecular weight is 661 g/mol. The zero-order chi connectivity index (χ0) is 34.3. The molecule has 0 N–H and O–H groups in total. The van der Waals surface area contributed by atoms with Crippen LogP contribution in [0, 0.1) is 6.92 Å². The van der Waals surface area contributed by atoms with E-state index in [1.54, 1.807) is 4.68 Å². The summed E-state index contributed by atoms with van der Waals surface area (Å²) in [7, 11) is 0. The van der Waals surface area contributed by atoms with Crippen molar-refractivity contribution in [2.45, 2.75) is 66.0 Å². The van der Waals surface area contributed by atoms with Gasteiger partial charge in [0.15, 0.2) is 5.69 Å². The van der Waals surface area contributed by atoms with E-state index in [4.69, 9.17) is 5.10 Å². The van der Waals surface area contributed by atoms with Crippen LogP contribution >= 0.6 is 0 Å².